The summed E-state index contributed by atoms with van der Waals surface area (Å²) in [5.41, 5.74) is 3.07. The second kappa shape index (κ2) is 7.08. The average molecular weight is 276 g/mol. The van der Waals surface area contributed by atoms with Gasteiger partial charge in [0.15, 0.2) is 0 Å². The van der Waals surface area contributed by atoms with E-state index in [9.17, 15) is 9.59 Å². The van der Waals surface area contributed by atoms with Crippen LogP contribution in [0.3, 0.4) is 0 Å². The third-order valence-corrected chi connectivity index (χ3v) is 3.49. The Labute approximate surface area is 121 Å². The lowest BCUT2D eigenvalue weighted by Gasteiger charge is -2.25. The van der Waals surface area contributed by atoms with Crippen LogP contribution in [0.15, 0.2) is 18.2 Å². The lowest BCUT2D eigenvalue weighted by atomic mass is 10.1. The first-order valence-corrected chi connectivity index (χ1v) is 6.96. The average Bonchev–Trinajstić information content (AvgIpc) is 2.34. The van der Waals surface area contributed by atoms with E-state index in [1.165, 1.54) is 6.92 Å². The number of aryl methyl sites for hydroxylation is 1. The van der Waals surface area contributed by atoms with Gasteiger partial charge in [0.2, 0.25) is 11.8 Å². The number of anilines is 1. The normalized spacial score (nSPS) is 10.5. The van der Waals surface area contributed by atoms with Crippen molar-refractivity contribution in [3.63, 3.8) is 0 Å². The van der Waals surface area contributed by atoms with Gasteiger partial charge >= 0.3 is 0 Å². The maximum atomic E-state index is 12.0. The molecule has 0 saturated carbocycles. The molecule has 1 aromatic rings. The Morgan fingerprint density at radius 2 is 1.90 bits per heavy atom. The van der Waals surface area contributed by atoms with Crippen molar-refractivity contribution in [3.8, 4) is 0 Å². The topological polar surface area (TPSA) is 49.4 Å². The van der Waals surface area contributed by atoms with Crippen LogP contribution < -0.4 is 5.32 Å². The van der Waals surface area contributed by atoms with E-state index in [0.717, 1.165) is 16.8 Å². The Balaban J connectivity index is 2.60. The Morgan fingerprint density at radius 3 is 2.45 bits per heavy atom. The molecule has 4 nitrogen and oxygen atoms in total. The number of benzene rings is 1. The Morgan fingerprint density at radius 1 is 1.25 bits per heavy atom. The molecule has 0 aromatic heterocycles. The Bertz CT molecular complexity index is 495. The van der Waals surface area contributed by atoms with Gasteiger partial charge in [-0.25, -0.2) is 0 Å². The Hall–Kier alpha value is -1.84. The van der Waals surface area contributed by atoms with Crippen LogP contribution in [0.4, 0.5) is 5.69 Å². The van der Waals surface area contributed by atoms with Gasteiger partial charge in [-0.3, -0.25) is 9.59 Å². The monoisotopic (exact) mass is 276 g/mol. The van der Waals surface area contributed by atoms with Crippen molar-refractivity contribution in [1.82, 2.24) is 4.90 Å². The number of carbonyl (C=O) groups excluding carboxylic acids is 2. The largest absolute Gasteiger partial charge is 0.340 e. The number of nitrogens with zero attached hydrogens (tertiary/aromatic N) is 1. The molecule has 0 aliphatic carbocycles. The van der Waals surface area contributed by atoms with Gasteiger partial charge in [0.05, 0.1) is 0 Å². The van der Waals surface area contributed by atoms with Crippen molar-refractivity contribution in [2.45, 2.75) is 47.1 Å². The van der Waals surface area contributed by atoms with Crippen LogP contribution >= 0.6 is 0 Å². The van der Waals surface area contributed by atoms with E-state index in [4.69, 9.17) is 0 Å². The number of hydrogen-bond acceptors (Lipinski definition) is 2. The van der Waals surface area contributed by atoms with Gasteiger partial charge in [-0.15, -0.1) is 0 Å². The van der Waals surface area contributed by atoms with Gasteiger partial charge in [-0.05, 0) is 44.9 Å². The van der Waals surface area contributed by atoms with Crippen molar-refractivity contribution >= 4 is 17.5 Å². The molecule has 1 rings (SSSR count). The number of rotatable bonds is 5. The van der Waals surface area contributed by atoms with Gasteiger partial charge in [0.1, 0.15) is 0 Å². The van der Waals surface area contributed by atoms with Crippen molar-refractivity contribution in [2.24, 2.45) is 0 Å². The molecule has 0 aliphatic rings. The highest BCUT2D eigenvalue weighted by molar-refractivity contribution is 5.92. The van der Waals surface area contributed by atoms with Gasteiger partial charge in [-0.2, -0.15) is 0 Å². The highest BCUT2D eigenvalue weighted by atomic mass is 16.2. The van der Waals surface area contributed by atoms with Crippen LogP contribution in [-0.2, 0) is 9.59 Å². The summed E-state index contributed by atoms with van der Waals surface area (Å²) in [6.07, 6.45) is 0.311. The zero-order valence-corrected chi connectivity index (χ0v) is 13.0. The summed E-state index contributed by atoms with van der Waals surface area (Å²) in [6.45, 7) is 9.88. The fraction of sp³-hybridized carbons (Fsp3) is 0.500. The van der Waals surface area contributed by atoms with Crippen LogP contribution in [-0.4, -0.2) is 29.3 Å². The number of nitrogens with one attached hydrogen (secondary N) is 1. The predicted molar refractivity (Wildman–Crippen MR) is 81.7 cm³/mol. The van der Waals surface area contributed by atoms with Gasteiger partial charge < -0.3 is 10.2 Å². The Kier molecular flexibility index (Phi) is 5.74. The smallest absolute Gasteiger partial charge is 0.226 e. The highest BCUT2D eigenvalue weighted by Crippen LogP contribution is 2.18. The van der Waals surface area contributed by atoms with E-state index >= 15 is 0 Å². The molecular formula is C16H24N2O2. The van der Waals surface area contributed by atoms with E-state index < -0.39 is 0 Å². The molecule has 0 atom stereocenters. The summed E-state index contributed by atoms with van der Waals surface area (Å²) in [4.78, 5) is 25.1. The van der Waals surface area contributed by atoms with Gasteiger partial charge in [0, 0.05) is 31.6 Å². The lowest BCUT2D eigenvalue weighted by Crippen LogP contribution is -2.37. The number of hydrogen-bond donors (Lipinski definition) is 1. The minimum atomic E-state index is -0.0643. The van der Waals surface area contributed by atoms with E-state index in [2.05, 4.69) is 5.32 Å². The van der Waals surface area contributed by atoms with Crippen LogP contribution in [0.2, 0.25) is 0 Å². The number of carbonyl (C=O) groups is 2. The van der Waals surface area contributed by atoms with E-state index in [-0.39, 0.29) is 17.9 Å². The minimum absolute atomic E-state index is 0.000430. The zero-order chi connectivity index (χ0) is 15.3. The fourth-order valence-electron chi connectivity index (χ4n) is 2.10. The zero-order valence-electron chi connectivity index (χ0n) is 13.0. The number of amides is 2. The van der Waals surface area contributed by atoms with Crippen LogP contribution in [0.25, 0.3) is 0 Å². The lowest BCUT2D eigenvalue weighted by molar-refractivity contribution is -0.130. The quantitative estimate of drug-likeness (QED) is 0.899. The minimum Gasteiger partial charge on any atom is -0.340 e. The summed E-state index contributed by atoms with van der Waals surface area (Å²) in [6, 6.07) is 5.95. The van der Waals surface area contributed by atoms with E-state index in [0.29, 0.717) is 13.0 Å². The molecule has 1 N–H and O–H groups in total. The molecule has 4 heteroatoms. The first-order chi connectivity index (χ1) is 9.32. The van der Waals surface area contributed by atoms with Crippen LogP contribution in [0.5, 0.6) is 0 Å². The molecule has 0 bridgehead atoms. The molecule has 2 amide bonds. The third kappa shape index (κ3) is 4.37. The molecule has 0 heterocycles. The second-order valence-corrected chi connectivity index (χ2v) is 5.35. The summed E-state index contributed by atoms with van der Waals surface area (Å²) in [5, 5.41) is 2.91. The maximum absolute atomic E-state index is 12.0. The molecule has 20 heavy (non-hydrogen) atoms. The molecule has 0 radical (unpaired) electrons. The van der Waals surface area contributed by atoms with Gasteiger partial charge in [0.25, 0.3) is 0 Å². The standard InChI is InChI=1S/C16H24N2O2/c1-11(2)18(14(5)19)10-9-16(20)17-15-8-6-7-12(3)13(15)4/h6-8,11H,9-10H2,1-5H3,(H,17,20). The fourth-order valence-corrected chi connectivity index (χ4v) is 2.10. The summed E-state index contributed by atoms with van der Waals surface area (Å²) < 4.78 is 0. The van der Waals surface area contributed by atoms with E-state index in [1.54, 1.807) is 4.90 Å². The second-order valence-electron chi connectivity index (χ2n) is 5.35. The molecule has 0 unspecified atom stereocenters. The van der Waals surface area contributed by atoms with Crippen LogP contribution in [0, 0.1) is 13.8 Å². The SMILES string of the molecule is CC(=O)N(CCC(=O)Nc1cccc(C)c1C)C(C)C. The van der Waals surface area contributed by atoms with Crippen molar-refractivity contribution in [1.29, 1.82) is 0 Å². The van der Waals surface area contributed by atoms with Crippen LogP contribution in [0.1, 0.15) is 38.3 Å². The molecular weight excluding hydrogens is 252 g/mol. The first-order valence-electron chi connectivity index (χ1n) is 6.96. The predicted octanol–water partition coefficient (Wildman–Crippen LogP) is 2.89. The summed E-state index contributed by atoms with van der Waals surface area (Å²) in [7, 11) is 0. The van der Waals surface area contributed by atoms with Crippen molar-refractivity contribution in [3.05, 3.63) is 29.3 Å². The van der Waals surface area contributed by atoms with E-state index in [1.807, 2.05) is 45.9 Å². The molecule has 110 valence electrons. The first kappa shape index (κ1) is 16.2. The molecule has 0 fully saturated rings. The molecule has 0 saturated heterocycles. The van der Waals surface area contributed by atoms with Gasteiger partial charge in [-0.1, -0.05) is 12.1 Å². The highest BCUT2D eigenvalue weighted by Gasteiger charge is 2.14. The molecule has 0 spiro atoms. The third-order valence-electron chi connectivity index (χ3n) is 3.49. The van der Waals surface area contributed by atoms with Crippen molar-refractivity contribution < 1.29 is 9.59 Å². The summed E-state index contributed by atoms with van der Waals surface area (Å²) >= 11 is 0. The molecule has 0 aliphatic heterocycles. The molecule has 1 aromatic carbocycles. The summed E-state index contributed by atoms with van der Waals surface area (Å²) in [5.74, 6) is -0.0647. The van der Waals surface area contributed by atoms with Crippen molar-refractivity contribution in [2.75, 3.05) is 11.9 Å². The maximum Gasteiger partial charge on any atom is 0.226 e.